The molecule has 0 aliphatic carbocycles. The molecular weight excluding hydrogens is 472 g/mol. The summed E-state index contributed by atoms with van der Waals surface area (Å²) in [5.41, 5.74) is -1.09. The van der Waals surface area contributed by atoms with Crippen molar-refractivity contribution in [3.63, 3.8) is 0 Å². The van der Waals surface area contributed by atoms with Gasteiger partial charge in [0.1, 0.15) is 5.69 Å². The van der Waals surface area contributed by atoms with Gasteiger partial charge in [0, 0.05) is 13.6 Å². The van der Waals surface area contributed by atoms with Crippen molar-refractivity contribution in [1.29, 1.82) is 0 Å². The van der Waals surface area contributed by atoms with E-state index >= 15 is 0 Å². The molecule has 0 saturated carbocycles. The van der Waals surface area contributed by atoms with Gasteiger partial charge in [-0.2, -0.15) is 13.2 Å². The van der Waals surface area contributed by atoms with Gasteiger partial charge >= 0.3 is 13.3 Å². The molecule has 8 nitrogen and oxygen atoms in total. The molecule has 1 N–H and O–H groups in total. The monoisotopic (exact) mass is 498 g/mol. The number of hydrogen-bond acceptors (Lipinski definition) is 7. The third kappa shape index (κ3) is 4.03. The molecule has 2 aliphatic rings. The number of dihydropyridines is 1. The highest BCUT2D eigenvalue weighted by atomic mass is 32.2. The average molecular weight is 498 g/mol. The van der Waals surface area contributed by atoms with Crippen LogP contribution in [-0.4, -0.2) is 53.6 Å². The Balaban J connectivity index is 1.85. The Morgan fingerprint density at radius 2 is 1.82 bits per heavy atom. The van der Waals surface area contributed by atoms with E-state index in [1.54, 1.807) is 7.05 Å². The first-order valence-corrected chi connectivity index (χ1v) is 12.4. The number of fused-ring (bicyclic) bond motifs is 1. The van der Waals surface area contributed by atoms with Crippen LogP contribution in [0.15, 0.2) is 28.7 Å². The van der Waals surface area contributed by atoms with Gasteiger partial charge in [0.15, 0.2) is 15.7 Å². The van der Waals surface area contributed by atoms with Gasteiger partial charge in [0.05, 0.1) is 44.8 Å². The molecule has 2 aliphatic heterocycles. The third-order valence-electron chi connectivity index (χ3n) is 6.58. The minimum atomic E-state index is -4.62. The average Bonchev–Trinajstić information content (AvgIpc) is 3.18. The zero-order valence-corrected chi connectivity index (χ0v) is 20.6. The number of alkyl halides is 3. The van der Waals surface area contributed by atoms with Crippen LogP contribution in [0.1, 0.15) is 46.1 Å². The number of hydrogen-bond donors (Lipinski definition) is 1. The van der Waals surface area contributed by atoms with Crippen LogP contribution in [0, 0.1) is 0 Å². The molecule has 4 rings (SSSR count). The van der Waals surface area contributed by atoms with Crippen molar-refractivity contribution in [2.75, 3.05) is 12.3 Å². The molecule has 2 aromatic rings. The van der Waals surface area contributed by atoms with Gasteiger partial charge in [-0.1, -0.05) is 6.92 Å². The van der Waals surface area contributed by atoms with Crippen LogP contribution in [0.4, 0.5) is 13.2 Å². The lowest BCUT2D eigenvalue weighted by Gasteiger charge is -2.32. The third-order valence-corrected chi connectivity index (χ3v) is 8.34. The lowest BCUT2D eigenvalue weighted by Crippen LogP contribution is -2.41. The van der Waals surface area contributed by atoms with E-state index in [0.717, 1.165) is 12.3 Å². The predicted molar refractivity (Wildman–Crippen MR) is 122 cm³/mol. The first-order chi connectivity index (χ1) is 15.6. The van der Waals surface area contributed by atoms with Crippen molar-refractivity contribution in [3.05, 3.63) is 40.2 Å². The number of imidazole rings is 1. The summed E-state index contributed by atoms with van der Waals surface area (Å²) in [5.74, 6) is 0.0112. The quantitative estimate of drug-likeness (QED) is 0.647. The first-order valence-electron chi connectivity index (χ1n) is 10.7. The lowest BCUT2D eigenvalue weighted by molar-refractivity contribution is -0.141. The van der Waals surface area contributed by atoms with E-state index in [9.17, 15) is 21.6 Å². The van der Waals surface area contributed by atoms with Crippen molar-refractivity contribution < 1.29 is 30.9 Å². The van der Waals surface area contributed by atoms with Gasteiger partial charge in [-0.3, -0.25) is 0 Å². The summed E-state index contributed by atoms with van der Waals surface area (Å²) in [5, 5.41) is 3.10. The fourth-order valence-corrected chi connectivity index (χ4v) is 4.89. The lowest BCUT2D eigenvalue weighted by atomic mass is 9.76. The van der Waals surface area contributed by atoms with E-state index in [1.807, 2.05) is 27.7 Å². The molecule has 1 fully saturated rings. The largest absolute Gasteiger partial charge is 0.492 e. The van der Waals surface area contributed by atoms with Crippen molar-refractivity contribution in [1.82, 2.24) is 19.9 Å². The van der Waals surface area contributed by atoms with E-state index in [4.69, 9.17) is 9.31 Å². The molecule has 0 unspecified atom stereocenters. The molecule has 0 atom stereocenters. The fraction of sp³-hybridized carbons (Fsp3) is 0.524. The number of rotatable bonds is 4. The van der Waals surface area contributed by atoms with Crippen LogP contribution in [0.2, 0.25) is 0 Å². The van der Waals surface area contributed by atoms with E-state index in [0.29, 0.717) is 11.0 Å². The number of aryl methyl sites for hydroxylation is 1. The summed E-state index contributed by atoms with van der Waals surface area (Å²) in [7, 11) is -2.90. The molecule has 2 aromatic heterocycles. The summed E-state index contributed by atoms with van der Waals surface area (Å²) in [6.45, 7) is 9.33. The zero-order chi connectivity index (χ0) is 25.3. The summed E-state index contributed by atoms with van der Waals surface area (Å²) in [6.07, 6.45) is -2.02. The summed E-state index contributed by atoms with van der Waals surface area (Å²) in [6, 6.07) is 0.849. The van der Waals surface area contributed by atoms with Crippen molar-refractivity contribution in [3.8, 4) is 0 Å². The Hall–Kier alpha value is -2.38. The van der Waals surface area contributed by atoms with E-state index in [1.165, 1.54) is 17.6 Å². The van der Waals surface area contributed by atoms with Crippen molar-refractivity contribution >= 4 is 33.7 Å². The van der Waals surface area contributed by atoms with E-state index in [2.05, 4.69) is 15.3 Å². The summed E-state index contributed by atoms with van der Waals surface area (Å²) >= 11 is 0. The molecule has 0 bridgehead atoms. The molecule has 0 aromatic carbocycles. The first kappa shape index (κ1) is 24.7. The SMILES string of the molecule is CCS(=O)(=O)C1=C(c2nc3cc(C(F)(F)F)ncc3n2C)NCC(B2OC(C)(C)C(C)(C)O2)=C1. The number of nitrogens with one attached hydrogen (secondary N) is 1. The van der Waals surface area contributed by atoms with Crippen LogP contribution < -0.4 is 5.32 Å². The molecule has 34 heavy (non-hydrogen) atoms. The maximum Gasteiger partial charge on any atom is 0.492 e. The normalized spacial score (nSPS) is 20.6. The van der Waals surface area contributed by atoms with Gasteiger partial charge in [0.2, 0.25) is 0 Å². The van der Waals surface area contributed by atoms with Crippen LogP contribution in [0.3, 0.4) is 0 Å². The summed E-state index contributed by atoms with van der Waals surface area (Å²) < 4.78 is 79.1. The van der Waals surface area contributed by atoms with Gasteiger partial charge in [-0.05, 0) is 45.3 Å². The minimum Gasteiger partial charge on any atom is -0.400 e. The smallest absolute Gasteiger partial charge is 0.400 e. The Morgan fingerprint density at radius 1 is 1.21 bits per heavy atom. The van der Waals surface area contributed by atoms with Gasteiger partial charge in [-0.15, -0.1) is 0 Å². The van der Waals surface area contributed by atoms with Crippen LogP contribution >= 0.6 is 0 Å². The second-order valence-corrected chi connectivity index (χ2v) is 11.6. The number of allylic oxidation sites excluding steroid dienone is 1. The number of aromatic nitrogens is 3. The van der Waals surface area contributed by atoms with Gasteiger partial charge in [-0.25, -0.2) is 18.4 Å². The van der Waals surface area contributed by atoms with E-state index in [-0.39, 0.29) is 34.2 Å². The number of pyridine rings is 1. The second-order valence-electron chi connectivity index (χ2n) is 9.35. The van der Waals surface area contributed by atoms with Crippen LogP contribution in [0.5, 0.6) is 0 Å². The van der Waals surface area contributed by atoms with E-state index < -0.39 is 40.0 Å². The molecule has 4 heterocycles. The Bertz CT molecular complexity index is 1310. The fourth-order valence-electron chi connectivity index (χ4n) is 3.77. The maximum absolute atomic E-state index is 13.1. The molecule has 184 valence electrons. The molecule has 13 heteroatoms. The van der Waals surface area contributed by atoms with Crippen LogP contribution in [0.25, 0.3) is 16.7 Å². The molecule has 0 spiro atoms. The Kier molecular flexibility index (Phi) is 5.69. The van der Waals surface area contributed by atoms with Crippen molar-refractivity contribution in [2.45, 2.75) is 52.0 Å². The Morgan fingerprint density at radius 3 is 2.38 bits per heavy atom. The summed E-state index contributed by atoms with van der Waals surface area (Å²) in [4.78, 5) is 7.79. The van der Waals surface area contributed by atoms with Gasteiger partial charge in [0.25, 0.3) is 0 Å². The maximum atomic E-state index is 13.1. The number of nitrogens with zero attached hydrogens (tertiary/aromatic N) is 3. The van der Waals surface area contributed by atoms with Crippen LogP contribution in [-0.2, 0) is 32.4 Å². The highest BCUT2D eigenvalue weighted by Gasteiger charge is 2.52. The zero-order valence-electron chi connectivity index (χ0n) is 19.7. The molecule has 0 radical (unpaired) electrons. The van der Waals surface area contributed by atoms with Gasteiger partial charge < -0.3 is 19.2 Å². The van der Waals surface area contributed by atoms with Crippen molar-refractivity contribution in [2.24, 2.45) is 7.05 Å². The highest BCUT2D eigenvalue weighted by Crippen LogP contribution is 2.40. The second kappa shape index (κ2) is 7.82. The molecule has 1 saturated heterocycles. The Labute approximate surface area is 196 Å². The predicted octanol–water partition coefficient (Wildman–Crippen LogP) is 3.25. The number of sulfone groups is 1. The topological polar surface area (TPSA) is 95.3 Å². The number of halogens is 3. The molecular formula is C21H26BF3N4O4S. The highest BCUT2D eigenvalue weighted by molar-refractivity contribution is 7.95. The molecule has 0 amide bonds. The standard InChI is InChI=1S/C21H26BF3N4O4S/c1-7-34(30,31)15-8-12(22-32-19(2,3)20(4,5)33-22)10-27-17(15)18-28-13-9-16(21(23,24)25)26-11-14(13)29(18)6/h8-9,11,27H,7,10H2,1-6H3. The minimum absolute atomic E-state index is 0.0200.